The van der Waals surface area contributed by atoms with Crippen molar-refractivity contribution in [2.45, 2.75) is 0 Å². The van der Waals surface area contributed by atoms with Crippen molar-refractivity contribution in [1.82, 2.24) is 0 Å². The lowest BCUT2D eigenvalue weighted by molar-refractivity contribution is -0.384. The van der Waals surface area contributed by atoms with Gasteiger partial charge in [0.05, 0.1) is 17.6 Å². The Labute approximate surface area is 84.6 Å². The Morgan fingerprint density at radius 1 is 1.53 bits per heavy atom. The van der Waals surface area contributed by atoms with Crippen LogP contribution in [-0.4, -0.2) is 24.3 Å². The molecule has 6 heteroatoms. The molecule has 0 radical (unpaired) electrons. The van der Waals surface area contributed by atoms with Gasteiger partial charge in [-0.05, 0) is 6.07 Å². The van der Waals surface area contributed by atoms with E-state index in [4.69, 9.17) is 0 Å². The standard InChI is InChI=1S/C9H7NO5/c1-15-9(12)8-3-2-7(10(13)14)4-6(8)5-11/h2-5H,1H3. The van der Waals surface area contributed by atoms with Gasteiger partial charge in [-0.1, -0.05) is 0 Å². The van der Waals surface area contributed by atoms with Crippen LogP contribution in [-0.2, 0) is 4.74 Å². The van der Waals surface area contributed by atoms with Gasteiger partial charge in [0.15, 0.2) is 6.29 Å². The van der Waals surface area contributed by atoms with Gasteiger partial charge < -0.3 is 4.74 Å². The lowest BCUT2D eigenvalue weighted by Crippen LogP contribution is -2.05. The molecule has 78 valence electrons. The van der Waals surface area contributed by atoms with Crippen LogP contribution >= 0.6 is 0 Å². The molecule has 15 heavy (non-hydrogen) atoms. The molecule has 1 aromatic rings. The third-order valence-electron chi connectivity index (χ3n) is 1.78. The normalized spacial score (nSPS) is 9.40. The molecule has 0 aliphatic heterocycles. The Morgan fingerprint density at radius 2 is 2.20 bits per heavy atom. The first-order valence-corrected chi connectivity index (χ1v) is 3.92. The summed E-state index contributed by atoms with van der Waals surface area (Å²) in [6, 6.07) is 3.35. The monoisotopic (exact) mass is 209 g/mol. The summed E-state index contributed by atoms with van der Waals surface area (Å²) in [4.78, 5) is 31.5. The summed E-state index contributed by atoms with van der Waals surface area (Å²) >= 11 is 0. The van der Waals surface area contributed by atoms with E-state index in [-0.39, 0.29) is 16.8 Å². The Bertz CT molecular complexity index is 427. The van der Waals surface area contributed by atoms with Crippen molar-refractivity contribution >= 4 is 17.9 Å². The van der Waals surface area contributed by atoms with Crippen molar-refractivity contribution in [2.24, 2.45) is 0 Å². The fourth-order valence-corrected chi connectivity index (χ4v) is 1.06. The highest BCUT2D eigenvalue weighted by Gasteiger charge is 2.15. The van der Waals surface area contributed by atoms with E-state index >= 15 is 0 Å². The summed E-state index contributed by atoms with van der Waals surface area (Å²) in [5.74, 6) is -0.702. The first-order valence-electron chi connectivity index (χ1n) is 3.92. The summed E-state index contributed by atoms with van der Waals surface area (Å²) in [6.07, 6.45) is 0.374. The first kappa shape index (κ1) is 10.8. The van der Waals surface area contributed by atoms with Crippen LogP contribution in [0.4, 0.5) is 5.69 Å². The number of hydrogen-bond acceptors (Lipinski definition) is 5. The number of non-ortho nitro benzene ring substituents is 1. The smallest absolute Gasteiger partial charge is 0.338 e. The van der Waals surface area contributed by atoms with E-state index in [1.807, 2.05) is 0 Å². The van der Waals surface area contributed by atoms with Gasteiger partial charge in [0.2, 0.25) is 0 Å². The number of benzene rings is 1. The summed E-state index contributed by atoms with van der Waals surface area (Å²) in [5.41, 5.74) is -0.293. The minimum atomic E-state index is -0.702. The number of hydrogen-bond donors (Lipinski definition) is 0. The third kappa shape index (κ3) is 2.16. The molecule has 0 aromatic heterocycles. The molecular weight excluding hydrogens is 202 g/mol. The van der Waals surface area contributed by atoms with Gasteiger partial charge in [0.25, 0.3) is 5.69 Å². The molecule has 0 saturated heterocycles. The third-order valence-corrected chi connectivity index (χ3v) is 1.78. The second-order valence-electron chi connectivity index (χ2n) is 2.64. The topological polar surface area (TPSA) is 86.5 Å². The van der Waals surface area contributed by atoms with Gasteiger partial charge >= 0.3 is 5.97 Å². The SMILES string of the molecule is COC(=O)c1ccc([N+](=O)[O-])cc1C=O. The maximum absolute atomic E-state index is 11.1. The number of ether oxygens (including phenoxy) is 1. The first-order chi connectivity index (χ1) is 7.10. The van der Waals surface area contributed by atoms with Crippen LogP contribution in [0.5, 0.6) is 0 Å². The molecule has 1 rings (SSSR count). The number of carbonyl (C=O) groups excluding carboxylic acids is 2. The quantitative estimate of drug-likeness (QED) is 0.323. The minimum Gasteiger partial charge on any atom is -0.465 e. The minimum absolute atomic E-state index is 0.0121. The molecule has 0 aliphatic rings. The number of aldehydes is 1. The van der Waals surface area contributed by atoms with Gasteiger partial charge in [-0.3, -0.25) is 14.9 Å². The predicted molar refractivity (Wildman–Crippen MR) is 49.8 cm³/mol. The van der Waals surface area contributed by atoms with Gasteiger partial charge in [-0.2, -0.15) is 0 Å². The van der Waals surface area contributed by atoms with Crippen LogP contribution in [0, 0.1) is 10.1 Å². The van der Waals surface area contributed by atoms with Crippen molar-refractivity contribution in [3.05, 3.63) is 39.4 Å². The lowest BCUT2D eigenvalue weighted by Gasteiger charge is -2.01. The molecule has 0 amide bonds. The molecule has 0 bridgehead atoms. The zero-order valence-corrected chi connectivity index (χ0v) is 7.80. The number of nitrogens with zero attached hydrogens (tertiary/aromatic N) is 1. The maximum atomic E-state index is 11.1. The molecule has 0 fully saturated rings. The Hall–Kier alpha value is -2.24. The summed E-state index contributed by atoms with van der Waals surface area (Å²) in [6.45, 7) is 0. The van der Waals surface area contributed by atoms with Crippen LogP contribution < -0.4 is 0 Å². The number of methoxy groups -OCH3 is 1. The van der Waals surface area contributed by atoms with Crippen LogP contribution in [0.1, 0.15) is 20.7 Å². The van der Waals surface area contributed by atoms with Gasteiger partial charge in [0, 0.05) is 17.7 Å². The molecule has 1 aromatic carbocycles. The van der Waals surface area contributed by atoms with E-state index in [1.165, 1.54) is 13.2 Å². The van der Waals surface area contributed by atoms with E-state index in [2.05, 4.69) is 4.74 Å². The second-order valence-corrected chi connectivity index (χ2v) is 2.64. The van der Waals surface area contributed by atoms with Crippen molar-refractivity contribution < 1.29 is 19.2 Å². The van der Waals surface area contributed by atoms with Crippen LogP contribution in [0.15, 0.2) is 18.2 Å². The van der Waals surface area contributed by atoms with Gasteiger partial charge in [0.1, 0.15) is 0 Å². The molecule has 0 saturated carbocycles. The van der Waals surface area contributed by atoms with Gasteiger partial charge in [-0.25, -0.2) is 4.79 Å². The number of rotatable bonds is 3. The largest absolute Gasteiger partial charge is 0.465 e. The predicted octanol–water partition coefficient (Wildman–Crippen LogP) is 1.19. The average molecular weight is 209 g/mol. The molecule has 0 spiro atoms. The number of esters is 1. The van der Waals surface area contributed by atoms with Crippen LogP contribution in [0.3, 0.4) is 0 Å². The van der Waals surface area contributed by atoms with E-state index in [9.17, 15) is 19.7 Å². The number of nitro benzene ring substituents is 1. The average Bonchev–Trinajstić information content (AvgIpc) is 2.27. The van der Waals surface area contributed by atoms with E-state index in [1.54, 1.807) is 0 Å². The highest BCUT2D eigenvalue weighted by atomic mass is 16.6. The molecule has 0 unspecified atom stereocenters. The highest BCUT2D eigenvalue weighted by Crippen LogP contribution is 2.17. The molecule has 0 heterocycles. The lowest BCUT2D eigenvalue weighted by atomic mass is 10.1. The number of carbonyl (C=O) groups is 2. The highest BCUT2D eigenvalue weighted by molar-refractivity contribution is 5.98. The Kier molecular flexibility index (Phi) is 3.12. The Balaban J connectivity index is 3.26. The molecule has 0 N–H and O–H groups in total. The van der Waals surface area contributed by atoms with Crippen LogP contribution in [0.2, 0.25) is 0 Å². The summed E-state index contributed by atoms with van der Waals surface area (Å²) < 4.78 is 4.41. The van der Waals surface area contributed by atoms with Crippen molar-refractivity contribution in [1.29, 1.82) is 0 Å². The zero-order valence-electron chi connectivity index (χ0n) is 7.80. The maximum Gasteiger partial charge on any atom is 0.338 e. The van der Waals surface area contributed by atoms with Crippen molar-refractivity contribution in [2.75, 3.05) is 7.11 Å². The molecule has 0 atom stereocenters. The van der Waals surface area contributed by atoms with E-state index in [0.717, 1.165) is 12.1 Å². The van der Waals surface area contributed by atoms with E-state index in [0.29, 0.717) is 6.29 Å². The summed E-state index contributed by atoms with van der Waals surface area (Å²) in [7, 11) is 1.17. The van der Waals surface area contributed by atoms with Gasteiger partial charge in [-0.15, -0.1) is 0 Å². The fourth-order valence-electron chi connectivity index (χ4n) is 1.06. The van der Waals surface area contributed by atoms with E-state index < -0.39 is 10.9 Å². The van der Waals surface area contributed by atoms with Crippen LogP contribution in [0.25, 0.3) is 0 Å². The molecule has 0 aliphatic carbocycles. The van der Waals surface area contributed by atoms with Crippen molar-refractivity contribution in [3.63, 3.8) is 0 Å². The van der Waals surface area contributed by atoms with Crippen molar-refractivity contribution in [3.8, 4) is 0 Å². The zero-order chi connectivity index (χ0) is 11.4. The fraction of sp³-hybridized carbons (Fsp3) is 0.111. The molecule has 6 nitrogen and oxygen atoms in total. The number of nitro groups is 1. The summed E-state index contributed by atoms with van der Waals surface area (Å²) in [5, 5.41) is 10.4. The second kappa shape index (κ2) is 4.32. The Morgan fingerprint density at radius 3 is 2.67 bits per heavy atom. The molecular formula is C9H7NO5.